The highest BCUT2D eigenvalue weighted by Gasteiger charge is 2.37. The predicted octanol–water partition coefficient (Wildman–Crippen LogP) is 1.59. The van der Waals surface area contributed by atoms with Crippen molar-refractivity contribution in [1.29, 1.82) is 0 Å². The molecule has 1 aliphatic rings. The van der Waals surface area contributed by atoms with E-state index >= 15 is 0 Å². The van der Waals surface area contributed by atoms with E-state index in [1.54, 1.807) is 0 Å². The molecule has 0 aromatic rings. The van der Waals surface area contributed by atoms with Crippen molar-refractivity contribution in [2.75, 3.05) is 18.8 Å². The fourth-order valence-corrected chi connectivity index (χ4v) is 4.63. The Labute approximate surface area is 144 Å². The maximum absolute atomic E-state index is 12.4. The Balaban J connectivity index is 2.61. The summed E-state index contributed by atoms with van der Waals surface area (Å²) in [5.74, 6) is -1.53. The number of hydrogen-bond donors (Lipinski definition) is 2. The van der Waals surface area contributed by atoms with Crippen LogP contribution in [0.3, 0.4) is 0 Å². The number of carbonyl (C=O) groups is 2. The van der Waals surface area contributed by atoms with Crippen molar-refractivity contribution in [2.24, 2.45) is 5.92 Å². The second-order valence-electron chi connectivity index (χ2n) is 6.72. The molecule has 1 fully saturated rings. The summed E-state index contributed by atoms with van der Waals surface area (Å²) in [6.45, 7) is 5.97. The van der Waals surface area contributed by atoms with Gasteiger partial charge in [0.15, 0.2) is 0 Å². The number of carboxylic acid groups (broad SMARTS) is 1. The molecule has 1 unspecified atom stereocenters. The van der Waals surface area contributed by atoms with E-state index in [9.17, 15) is 23.1 Å². The number of carboxylic acids is 1. The third-order valence-corrected chi connectivity index (χ3v) is 6.55. The molecule has 0 radical (unpaired) electrons. The largest absolute Gasteiger partial charge is 0.480 e. The van der Waals surface area contributed by atoms with Gasteiger partial charge in [-0.2, -0.15) is 0 Å². The fourth-order valence-electron chi connectivity index (χ4n) is 2.95. The highest BCUT2D eigenvalue weighted by Crippen LogP contribution is 2.22. The summed E-state index contributed by atoms with van der Waals surface area (Å²) in [5.41, 5.74) is -1.27. The first-order valence-corrected chi connectivity index (χ1v) is 10.3. The van der Waals surface area contributed by atoms with E-state index in [0.29, 0.717) is 45.2 Å². The molecule has 1 aliphatic heterocycles. The SMILES string of the molecule is CCCCS(=O)(=O)N1CCC(C(=O)NC(C)(CCC)C(=O)O)CC1. The zero-order chi connectivity index (χ0) is 18.4. The standard InChI is InChI=1S/C16H30N2O5S/c1-4-6-12-24(22,23)18-10-7-13(8-11-18)14(19)17-16(3,9-5-2)15(20)21/h13H,4-12H2,1-3H3,(H,17,19)(H,20,21). The number of aliphatic carboxylic acids is 1. The third kappa shape index (κ3) is 5.44. The van der Waals surface area contributed by atoms with Crippen molar-refractivity contribution < 1.29 is 23.1 Å². The number of carbonyl (C=O) groups excluding carboxylic acids is 1. The number of nitrogens with zero attached hydrogens (tertiary/aromatic N) is 1. The van der Waals surface area contributed by atoms with Crippen LogP contribution in [0.15, 0.2) is 0 Å². The van der Waals surface area contributed by atoms with Gasteiger partial charge >= 0.3 is 5.97 Å². The van der Waals surface area contributed by atoms with Crippen LogP contribution >= 0.6 is 0 Å². The average Bonchev–Trinajstić information content (AvgIpc) is 2.53. The Morgan fingerprint density at radius 3 is 2.25 bits per heavy atom. The highest BCUT2D eigenvalue weighted by atomic mass is 32.2. The van der Waals surface area contributed by atoms with E-state index < -0.39 is 21.5 Å². The molecule has 7 nitrogen and oxygen atoms in total. The van der Waals surface area contributed by atoms with Crippen LogP contribution < -0.4 is 5.32 Å². The zero-order valence-corrected chi connectivity index (χ0v) is 15.7. The van der Waals surface area contributed by atoms with Crippen LogP contribution in [0.1, 0.15) is 59.3 Å². The van der Waals surface area contributed by atoms with Crippen molar-refractivity contribution in [3.8, 4) is 0 Å². The summed E-state index contributed by atoms with van der Waals surface area (Å²) in [6.07, 6.45) is 3.33. The minimum Gasteiger partial charge on any atom is -0.480 e. The third-order valence-electron chi connectivity index (χ3n) is 4.60. The first-order valence-electron chi connectivity index (χ1n) is 8.69. The van der Waals surface area contributed by atoms with Crippen LogP contribution in [0.5, 0.6) is 0 Å². The van der Waals surface area contributed by atoms with Crippen LogP contribution in [0.2, 0.25) is 0 Å². The number of sulfonamides is 1. The summed E-state index contributed by atoms with van der Waals surface area (Å²) in [7, 11) is -3.24. The van der Waals surface area contributed by atoms with Crippen LogP contribution in [-0.4, -0.2) is 54.1 Å². The van der Waals surface area contributed by atoms with Gasteiger partial charge in [-0.15, -0.1) is 0 Å². The van der Waals surface area contributed by atoms with Crippen molar-refractivity contribution in [1.82, 2.24) is 9.62 Å². The van der Waals surface area contributed by atoms with E-state index in [1.807, 2.05) is 13.8 Å². The molecule has 1 amide bonds. The number of rotatable bonds is 9. The minimum absolute atomic E-state index is 0.147. The second-order valence-corrected chi connectivity index (χ2v) is 8.81. The van der Waals surface area contributed by atoms with Gasteiger partial charge in [0.1, 0.15) is 5.54 Å². The van der Waals surface area contributed by atoms with Crippen molar-refractivity contribution in [3.05, 3.63) is 0 Å². The first kappa shape index (κ1) is 20.9. The van der Waals surface area contributed by atoms with E-state index in [4.69, 9.17) is 0 Å². The van der Waals surface area contributed by atoms with Crippen LogP contribution in [0.25, 0.3) is 0 Å². The van der Waals surface area contributed by atoms with Crippen LogP contribution in [0.4, 0.5) is 0 Å². The lowest BCUT2D eigenvalue weighted by molar-refractivity contribution is -0.148. The van der Waals surface area contributed by atoms with Gasteiger partial charge in [-0.25, -0.2) is 17.5 Å². The Morgan fingerprint density at radius 1 is 1.21 bits per heavy atom. The quantitative estimate of drug-likeness (QED) is 0.648. The van der Waals surface area contributed by atoms with E-state index in [1.165, 1.54) is 11.2 Å². The molecule has 0 aromatic heterocycles. The van der Waals surface area contributed by atoms with E-state index in [2.05, 4.69) is 5.32 Å². The van der Waals surface area contributed by atoms with E-state index in [-0.39, 0.29) is 17.6 Å². The van der Waals surface area contributed by atoms with Crippen LogP contribution in [-0.2, 0) is 19.6 Å². The van der Waals surface area contributed by atoms with Gasteiger partial charge in [0.05, 0.1) is 5.75 Å². The van der Waals surface area contributed by atoms with Gasteiger partial charge in [0.2, 0.25) is 15.9 Å². The lowest BCUT2D eigenvalue weighted by Crippen LogP contribution is -2.55. The molecule has 0 saturated carbocycles. The van der Waals surface area contributed by atoms with Gasteiger partial charge in [-0.05, 0) is 32.6 Å². The summed E-state index contributed by atoms with van der Waals surface area (Å²) >= 11 is 0. The maximum Gasteiger partial charge on any atom is 0.329 e. The fraction of sp³-hybridized carbons (Fsp3) is 0.875. The molecule has 0 bridgehead atoms. The number of amides is 1. The molecule has 2 N–H and O–H groups in total. The Morgan fingerprint density at radius 2 is 1.79 bits per heavy atom. The average molecular weight is 362 g/mol. The lowest BCUT2D eigenvalue weighted by atomic mass is 9.92. The molecular formula is C16H30N2O5S. The Kier molecular flexibility index (Phi) is 7.66. The zero-order valence-electron chi connectivity index (χ0n) is 14.9. The Bertz CT molecular complexity index is 541. The number of unbranched alkanes of at least 4 members (excludes halogenated alkanes) is 1. The van der Waals surface area contributed by atoms with Crippen molar-refractivity contribution in [2.45, 2.75) is 64.8 Å². The molecule has 0 aliphatic carbocycles. The number of hydrogen-bond acceptors (Lipinski definition) is 4. The number of piperidine rings is 1. The second kappa shape index (κ2) is 8.80. The molecule has 24 heavy (non-hydrogen) atoms. The molecule has 8 heteroatoms. The predicted molar refractivity (Wildman–Crippen MR) is 92.1 cm³/mol. The molecule has 0 spiro atoms. The van der Waals surface area contributed by atoms with Crippen molar-refractivity contribution in [3.63, 3.8) is 0 Å². The number of nitrogens with one attached hydrogen (secondary N) is 1. The first-order chi connectivity index (χ1) is 11.2. The van der Waals surface area contributed by atoms with Crippen molar-refractivity contribution >= 4 is 21.9 Å². The molecule has 1 rings (SSSR count). The molecule has 140 valence electrons. The highest BCUT2D eigenvalue weighted by molar-refractivity contribution is 7.89. The summed E-state index contributed by atoms with van der Waals surface area (Å²) in [4.78, 5) is 23.8. The summed E-state index contributed by atoms with van der Waals surface area (Å²) in [5, 5.41) is 12.0. The lowest BCUT2D eigenvalue weighted by Gasteiger charge is -2.33. The molecule has 0 aromatic carbocycles. The topological polar surface area (TPSA) is 104 Å². The summed E-state index contributed by atoms with van der Waals surface area (Å²) < 4.78 is 25.8. The van der Waals surface area contributed by atoms with Gasteiger partial charge in [-0.1, -0.05) is 26.7 Å². The minimum atomic E-state index is -3.24. The molecule has 1 atom stereocenters. The monoisotopic (exact) mass is 362 g/mol. The van der Waals surface area contributed by atoms with E-state index in [0.717, 1.165) is 6.42 Å². The Hall–Kier alpha value is -1.15. The molecular weight excluding hydrogens is 332 g/mol. The van der Waals surface area contributed by atoms with Gasteiger partial charge in [0, 0.05) is 19.0 Å². The smallest absolute Gasteiger partial charge is 0.329 e. The summed E-state index contributed by atoms with van der Waals surface area (Å²) in [6, 6.07) is 0. The molecule has 1 saturated heterocycles. The van der Waals surface area contributed by atoms with Gasteiger partial charge in [-0.3, -0.25) is 4.79 Å². The maximum atomic E-state index is 12.4. The van der Waals surface area contributed by atoms with Gasteiger partial charge in [0.25, 0.3) is 0 Å². The molecule has 1 heterocycles. The van der Waals surface area contributed by atoms with Gasteiger partial charge < -0.3 is 10.4 Å². The normalized spacial score (nSPS) is 19.6. The van der Waals surface area contributed by atoms with Crippen LogP contribution in [0, 0.1) is 5.92 Å².